The summed E-state index contributed by atoms with van der Waals surface area (Å²) in [5, 5.41) is 0. The standard InChI is InChI=1S/C10H20ClNO3/c1-3-12(6-4-5-11)10(13)9-15-8-7-14-2/h3-9H2,1-2H3. The first-order valence-corrected chi connectivity index (χ1v) is 5.70. The highest BCUT2D eigenvalue weighted by Crippen LogP contribution is 1.95. The number of hydrogen-bond acceptors (Lipinski definition) is 3. The average molecular weight is 238 g/mol. The number of amides is 1. The number of ether oxygens (including phenoxy) is 2. The van der Waals surface area contributed by atoms with E-state index in [1.54, 1.807) is 12.0 Å². The van der Waals surface area contributed by atoms with Gasteiger partial charge in [0.05, 0.1) is 13.2 Å². The van der Waals surface area contributed by atoms with Gasteiger partial charge in [0.25, 0.3) is 0 Å². The van der Waals surface area contributed by atoms with Crippen molar-refractivity contribution in [2.45, 2.75) is 13.3 Å². The maximum absolute atomic E-state index is 11.6. The highest BCUT2D eigenvalue weighted by molar-refractivity contribution is 6.17. The van der Waals surface area contributed by atoms with Crippen LogP contribution in [-0.4, -0.2) is 56.7 Å². The van der Waals surface area contributed by atoms with Gasteiger partial charge in [-0.3, -0.25) is 4.79 Å². The minimum atomic E-state index is 0.0127. The number of carbonyl (C=O) groups excluding carboxylic acids is 1. The minimum Gasteiger partial charge on any atom is -0.382 e. The number of nitrogens with zero attached hydrogens (tertiary/aromatic N) is 1. The van der Waals surface area contributed by atoms with Gasteiger partial charge in [0, 0.05) is 26.1 Å². The second-order valence-corrected chi connectivity index (χ2v) is 3.44. The van der Waals surface area contributed by atoms with Gasteiger partial charge >= 0.3 is 0 Å². The van der Waals surface area contributed by atoms with Crippen LogP contribution in [0.2, 0.25) is 0 Å². The van der Waals surface area contributed by atoms with Crippen molar-refractivity contribution in [1.29, 1.82) is 0 Å². The van der Waals surface area contributed by atoms with E-state index in [2.05, 4.69) is 0 Å². The van der Waals surface area contributed by atoms with Crippen molar-refractivity contribution in [3.8, 4) is 0 Å². The molecule has 0 rings (SSSR count). The fourth-order valence-corrected chi connectivity index (χ4v) is 1.22. The molecule has 0 spiro atoms. The molecule has 0 aromatic heterocycles. The first kappa shape index (κ1) is 14.7. The molecule has 0 aliphatic carbocycles. The van der Waals surface area contributed by atoms with Crippen molar-refractivity contribution >= 4 is 17.5 Å². The van der Waals surface area contributed by atoms with Crippen LogP contribution in [0.25, 0.3) is 0 Å². The van der Waals surface area contributed by atoms with E-state index in [1.165, 1.54) is 0 Å². The molecule has 0 fully saturated rings. The smallest absolute Gasteiger partial charge is 0.248 e. The van der Waals surface area contributed by atoms with Crippen LogP contribution in [-0.2, 0) is 14.3 Å². The number of carbonyl (C=O) groups is 1. The van der Waals surface area contributed by atoms with Gasteiger partial charge in [0.1, 0.15) is 6.61 Å². The fraction of sp³-hybridized carbons (Fsp3) is 0.900. The number of methoxy groups -OCH3 is 1. The van der Waals surface area contributed by atoms with Crippen LogP contribution in [0.5, 0.6) is 0 Å². The van der Waals surface area contributed by atoms with E-state index in [9.17, 15) is 4.79 Å². The van der Waals surface area contributed by atoms with Gasteiger partial charge in [-0.05, 0) is 13.3 Å². The number of halogens is 1. The van der Waals surface area contributed by atoms with Gasteiger partial charge in [-0.1, -0.05) is 0 Å². The number of hydrogen-bond donors (Lipinski definition) is 0. The lowest BCUT2D eigenvalue weighted by molar-refractivity contribution is -0.136. The molecule has 0 saturated heterocycles. The van der Waals surface area contributed by atoms with Crippen molar-refractivity contribution in [1.82, 2.24) is 4.90 Å². The largest absolute Gasteiger partial charge is 0.382 e. The Bertz CT molecular complexity index is 167. The zero-order chi connectivity index (χ0) is 11.5. The third-order valence-electron chi connectivity index (χ3n) is 1.95. The Morgan fingerprint density at radius 3 is 2.67 bits per heavy atom. The monoisotopic (exact) mass is 237 g/mol. The van der Waals surface area contributed by atoms with E-state index in [0.29, 0.717) is 32.2 Å². The molecular weight excluding hydrogens is 218 g/mol. The maximum atomic E-state index is 11.6. The molecule has 0 radical (unpaired) electrons. The van der Waals surface area contributed by atoms with Gasteiger partial charge in [0.2, 0.25) is 5.91 Å². The molecule has 1 amide bonds. The lowest BCUT2D eigenvalue weighted by Gasteiger charge is -2.20. The van der Waals surface area contributed by atoms with Crippen molar-refractivity contribution in [3.63, 3.8) is 0 Å². The molecule has 0 N–H and O–H groups in total. The predicted molar refractivity (Wildman–Crippen MR) is 60.3 cm³/mol. The Labute approximate surface area is 96.5 Å². The summed E-state index contributed by atoms with van der Waals surface area (Å²) in [5.41, 5.74) is 0. The summed E-state index contributed by atoms with van der Waals surface area (Å²) in [6.45, 7) is 4.44. The molecule has 0 aromatic carbocycles. The first-order chi connectivity index (χ1) is 7.26. The molecule has 5 heteroatoms. The third kappa shape index (κ3) is 7.59. The summed E-state index contributed by atoms with van der Waals surface area (Å²) in [7, 11) is 1.60. The first-order valence-electron chi connectivity index (χ1n) is 5.16. The SMILES string of the molecule is CCN(CCCCl)C(=O)COCCOC. The summed E-state index contributed by atoms with van der Waals surface area (Å²) in [6.07, 6.45) is 0.819. The molecule has 4 nitrogen and oxygen atoms in total. The van der Waals surface area contributed by atoms with Crippen LogP contribution in [0.1, 0.15) is 13.3 Å². The summed E-state index contributed by atoms with van der Waals surface area (Å²) < 4.78 is 9.96. The molecule has 0 aromatic rings. The molecule has 0 heterocycles. The van der Waals surface area contributed by atoms with Crippen LogP contribution in [0.4, 0.5) is 0 Å². The number of likely N-dealkylation sites (N-methyl/N-ethyl adjacent to an activating group) is 1. The summed E-state index contributed by atoms with van der Waals surface area (Å²) in [6, 6.07) is 0. The number of alkyl halides is 1. The average Bonchev–Trinajstić information content (AvgIpc) is 2.25. The van der Waals surface area contributed by atoms with Crippen LogP contribution < -0.4 is 0 Å². The van der Waals surface area contributed by atoms with Crippen molar-refractivity contribution in [3.05, 3.63) is 0 Å². The van der Waals surface area contributed by atoms with E-state index in [0.717, 1.165) is 6.42 Å². The van der Waals surface area contributed by atoms with E-state index < -0.39 is 0 Å². The molecule has 0 aliphatic rings. The molecule has 0 unspecified atom stereocenters. The quantitative estimate of drug-likeness (QED) is 0.446. The summed E-state index contributed by atoms with van der Waals surface area (Å²) in [4.78, 5) is 13.3. The third-order valence-corrected chi connectivity index (χ3v) is 2.22. The maximum Gasteiger partial charge on any atom is 0.248 e. The van der Waals surface area contributed by atoms with Crippen molar-refractivity contribution in [2.24, 2.45) is 0 Å². The second kappa shape index (κ2) is 10.2. The van der Waals surface area contributed by atoms with Gasteiger partial charge in [-0.2, -0.15) is 0 Å². The molecule has 0 saturated carbocycles. The Hall–Kier alpha value is -0.320. The second-order valence-electron chi connectivity index (χ2n) is 3.06. The van der Waals surface area contributed by atoms with Crippen molar-refractivity contribution in [2.75, 3.05) is 45.9 Å². The zero-order valence-corrected chi connectivity index (χ0v) is 10.3. The highest BCUT2D eigenvalue weighted by Gasteiger charge is 2.10. The van der Waals surface area contributed by atoms with Gasteiger partial charge in [0.15, 0.2) is 0 Å². The Balaban J connectivity index is 3.63. The summed E-state index contributed by atoms with van der Waals surface area (Å²) >= 11 is 5.57. The van der Waals surface area contributed by atoms with Gasteiger partial charge in [-0.25, -0.2) is 0 Å². The lowest BCUT2D eigenvalue weighted by Crippen LogP contribution is -2.35. The molecule has 90 valence electrons. The molecule has 15 heavy (non-hydrogen) atoms. The van der Waals surface area contributed by atoms with Crippen LogP contribution >= 0.6 is 11.6 Å². The molecular formula is C10H20ClNO3. The minimum absolute atomic E-state index is 0.0127. The van der Waals surface area contributed by atoms with E-state index in [-0.39, 0.29) is 12.5 Å². The molecule has 0 aliphatic heterocycles. The van der Waals surface area contributed by atoms with E-state index >= 15 is 0 Å². The normalized spacial score (nSPS) is 10.3. The highest BCUT2D eigenvalue weighted by atomic mass is 35.5. The lowest BCUT2D eigenvalue weighted by atomic mass is 10.4. The van der Waals surface area contributed by atoms with Crippen molar-refractivity contribution < 1.29 is 14.3 Å². The molecule has 0 bridgehead atoms. The summed E-state index contributed by atoms with van der Waals surface area (Å²) in [5.74, 6) is 0.590. The fourth-order valence-electron chi connectivity index (χ4n) is 1.10. The zero-order valence-electron chi connectivity index (χ0n) is 9.50. The van der Waals surface area contributed by atoms with Gasteiger partial charge in [-0.15, -0.1) is 11.6 Å². The Morgan fingerprint density at radius 1 is 1.40 bits per heavy atom. The Morgan fingerprint density at radius 2 is 2.13 bits per heavy atom. The number of rotatable bonds is 9. The van der Waals surface area contributed by atoms with Gasteiger partial charge < -0.3 is 14.4 Å². The van der Waals surface area contributed by atoms with Crippen LogP contribution in [0.3, 0.4) is 0 Å². The van der Waals surface area contributed by atoms with E-state index in [4.69, 9.17) is 21.1 Å². The Kier molecular flexibility index (Phi) is 9.99. The topological polar surface area (TPSA) is 38.8 Å². The molecule has 0 atom stereocenters. The predicted octanol–water partition coefficient (Wildman–Crippen LogP) is 1.13. The van der Waals surface area contributed by atoms with E-state index in [1.807, 2.05) is 6.92 Å². The van der Waals surface area contributed by atoms with Crippen LogP contribution in [0.15, 0.2) is 0 Å². The van der Waals surface area contributed by atoms with Crippen LogP contribution in [0, 0.1) is 0 Å².